The van der Waals surface area contributed by atoms with Gasteiger partial charge in [0, 0.05) is 6.07 Å². The quantitative estimate of drug-likeness (QED) is 0.340. The van der Waals surface area contributed by atoms with Crippen LogP contribution in [-0.4, -0.2) is 24.1 Å². The van der Waals surface area contributed by atoms with Crippen molar-refractivity contribution in [2.75, 3.05) is 0 Å². The standard InChI is InChI=1S/C16H6Cl4F8O2/c17-8-5-4-7(6-10(8)19)29-15(25,26)13(21,22)14(23,24)16(27,28)30-11-3-1-2-9(18)12(11)20/h1-6H. The van der Waals surface area contributed by atoms with Crippen LogP contribution in [-0.2, 0) is 0 Å². The third-order valence-electron chi connectivity index (χ3n) is 3.42. The predicted octanol–water partition coefficient (Wildman–Crippen LogP) is 8.21. The molecule has 0 aliphatic rings. The Morgan fingerprint density at radius 3 is 1.67 bits per heavy atom. The highest BCUT2D eigenvalue weighted by Gasteiger charge is 2.84. The summed E-state index contributed by atoms with van der Waals surface area (Å²) in [6, 6.07) is 4.44. The number of alkyl halides is 8. The first-order valence-electron chi connectivity index (χ1n) is 7.32. The fourth-order valence-electron chi connectivity index (χ4n) is 1.88. The molecule has 0 radical (unpaired) electrons. The summed E-state index contributed by atoms with van der Waals surface area (Å²) in [7, 11) is 0. The lowest BCUT2D eigenvalue weighted by Gasteiger charge is -2.35. The molecular weight excluding hydrogens is 518 g/mol. The first-order chi connectivity index (χ1) is 13.5. The normalized spacial score (nSPS) is 13.3. The zero-order valence-electron chi connectivity index (χ0n) is 13.8. The molecule has 0 atom stereocenters. The summed E-state index contributed by atoms with van der Waals surface area (Å²) in [5.41, 5.74) is 0. The average Bonchev–Trinajstić information content (AvgIpc) is 2.61. The van der Waals surface area contributed by atoms with Gasteiger partial charge in [0.05, 0.1) is 15.1 Å². The molecule has 166 valence electrons. The van der Waals surface area contributed by atoms with Gasteiger partial charge >= 0.3 is 24.1 Å². The van der Waals surface area contributed by atoms with Crippen molar-refractivity contribution in [2.45, 2.75) is 24.1 Å². The molecule has 0 aromatic heterocycles. The van der Waals surface area contributed by atoms with Crippen molar-refractivity contribution in [3.8, 4) is 11.5 Å². The van der Waals surface area contributed by atoms with E-state index in [1.54, 1.807) is 0 Å². The monoisotopic (exact) mass is 522 g/mol. The zero-order valence-corrected chi connectivity index (χ0v) is 16.8. The van der Waals surface area contributed by atoms with Crippen molar-refractivity contribution in [2.24, 2.45) is 0 Å². The van der Waals surface area contributed by atoms with Crippen molar-refractivity contribution in [3.05, 3.63) is 56.5 Å². The van der Waals surface area contributed by atoms with Gasteiger partial charge in [0.25, 0.3) is 0 Å². The summed E-state index contributed by atoms with van der Waals surface area (Å²) in [5, 5.41) is -1.95. The molecule has 0 saturated carbocycles. The molecule has 2 aromatic rings. The minimum atomic E-state index is -6.79. The summed E-state index contributed by atoms with van der Waals surface area (Å²) in [5.74, 6) is -16.0. The average molecular weight is 524 g/mol. The molecule has 2 nitrogen and oxygen atoms in total. The van der Waals surface area contributed by atoms with Crippen molar-refractivity contribution < 1.29 is 44.6 Å². The molecule has 0 heterocycles. The van der Waals surface area contributed by atoms with E-state index in [0.717, 1.165) is 18.2 Å². The van der Waals surface area contributed by atoms with Crippen LogP contribution in [0.2, 0.25) is 20.1 Å². The fourth-order valence-corrected chi connectivity index (χ4v) is 2.50. The van der Waals surface area contributed by atoms with E-state index in [9.17, 15) is 35.1 Å². The SMILES string of the molecule is FC(F)(Oc1ccc(Cl)c(Cl)c1)C(F)(F)C(F)(F)C(F)(F)Oc1cccc(Cl)c1Cl. The van der Waals surface area contributed by atoms with Crippen LogP contribution >= 0.6 is 46.4 Å². The van der Waals surface area contributed by atoms with Gasteiger partial charge in [-0.05, 0) is 24.3 Å². The molecule has 2 aromatic carbocycles. The van der Waals surface area contributed by atoms with E-state index in [1.165, 1.54) is 0 Å². The second-order valence-corrected chi connectivity index (χ2v) is 7.11. The van der Waals surface area contributed by atoms with Gasteiger partial charge in [-0.25, -0.2) is 0 Å². The summed E-state index contributed by atoms with van der Waals surface area (Å²) in [6.07, 6.45) is -12.3. The largest absolute Gasteiger partial charge is 0.471 e. The number of ether oxygens (including phenoxy) is 2. The highest BCUT2D eigenvalue weighted by Crippen LogP contribution is 2.54. The molecule has 0 amide bonds. The lowest BCUT2D eigenvalue weighted by atomic mass is 10.1. The van der Waals surface area contributed by atoms with Gasteiger partial charge in [-0.2, -0.15) is 35.1 Å². The molecule has 30 heavy (non-hydrogen) atoms. The van der Waals surface area contributed by atoms with Gasteiger partial charge in [-0.3, -0.25) is 0 Å². The Labute approximate surface area is 183 Å². The Balaban J connectivity index is 2.38. The summed E-state index contributed by atoms with van der Waals surface area (Å²) in [6.45, 7) is 0. The fraction of sp³-hybridized carbons (Fsp3) is 0.250. The van der Waals surface area contributed by atoms with Crippen LogP contribution in [0.25, 0.3) is 0 Å². The molecule has 0 aliphatic carbocycles. The summed E-state index contributed by atoms with van der Waals surface area (Å²) < 4.78 is 118. The van der Waals surface area contributed by atoms with Crippen LogP contribution < -0.4 is 9.47 Å². The number of halogens is 12. The molecule has 2 rings (SSSR count). The molecule has 0 bridgehead atoms. The second kappa shape index (κ2) is 8.29. The smallest absolute Gasteiger partial charge is 0.428 e. The Bertz CT molecular complexity index is 939. The van der Waals surface area contributed by atoms with Crippen molar-refractivity contribution in [1.29, 1.82) is 0 Å². The zero-order chi connectivity index (χ0) is 23.1. The summed E-state index contributed by atoms with van der Waals surface area (Å²) >= 11 is 21.9. The number of hydrogen-bond donors (Lipinski definition) is 0. The van der Waals surface area contributed by atoms with E-state index < -0.39 is 50.6 Å². The maximum Gasteiger partial charge on any atom is 0.471 e. The van der Waals surface area contributed by atoms with Crippen molar-refractivity contribution in [1.82, 2.24) is 0 Å². The van der Waals surface area contributed by atoms with Gasteiger partial charge in [-0.15, -0.1) is 0 Å². The topological polar surface area (TPSA) is 18.5 Å². The molecule has 0 unspecified atom stereocenters. The molecular formula is C16H6Cl4F8O2. The van der Waals surface area contributed by atoms with E-state index in [2.05, 4.69) is 9.47 Å². The van der Waals surface area contributed by atoms with E-state index >= 15 is 0 Å². The first-order valence-corrected chi connectivity index (χ1v) is 8.83. The van der Waals surface area contributed by atoms with Crippen LogP contribution in [0.1, 0.15) is 0 Å². The molecule has 14 heteroatoms. The molecule has 0 saturated heterocycles. The predicted molar refractivity (Wildman–Crippen MR) is 94.0 cm³/mol. The second-order valence-electron chi connectivity index (χ2n) is 5.51. The minimum absolute atomic E-state index is 0.206. The van der Waals surface area contributed by atoms with Gasteiger partial charge in [-0.1, -0.05) is 52.5 Å². The van der Waals surface area contributed by atoms with Crippen molar-refractivity contribution in [3.63, 3.8) is 0 Å². The summed E-state index contributed by atoms with van der Waals surface area (Å²) in [4.78, 5) is 0. The van der Waals surface area contributed by atoms with Crippen LogP contribution in [0.3, 0.4) is 0 Å². The van der Waals surface area contributed by atoms with Crippen LogP contribution in [0.4, 0.5) is 35.1 Å². The van der Waals surface area contributed by atoms with E-state index in [0.29, 0.717) is 18.2 Å². The lowest BCUT2D eigenvalue weighted by Crippen LogP contribution is -2.65. The van der Waals surface area contributed by atoms with Crippen LogP contribution in [0, 0.1) is 0 Å². The van der Waals surface area contributed by atoms with Gasteiger partial charge in [0.2, 0.25) is 0 Å². The number of benzene rings is 2. The highest BCUT2D eigenvalue weighted by atomic mass is 35.5. The molecule has 0 spiro atoms. The Morgan fingerprint density at radius 2 is 1.13 bits per heavy atom. The Hall–Kier alpha value is -1.36. The lowest BCUT2D eigenvalue weighted by molar-refractivity contribution is -0.437. The van der Waals surface area contributed by atoms with Gasteiger partial charge in [0.1, 0.15) is 16.5 Å². The first kappa shape index (κ1) is 24.9. The van der Waals surface area contributed by atoms with Gasteiger partial charge in [0.15, 0.2) is 0 Å². The Morgan fingerprint density at radius 1 is 0.600 bits per heavy atom. The van der Waals surface area contributed by atoms with E-state index in [4.69, 9.17) is 46.4 Å². The van der Waals surface area contributed by atoms with Gasteiger partial charge < -0.3 is 9.47 Å². The van der Waals surface area contributed by atoms with Crippen molar-refractivity contribution >= 4 is 46.4 Å². The maximum atomic E-state index is 13.9. The van der Waals surface area contributed by atoms with E-state index in [-0.39, 0.29) is 5.02 Å². The molecule has 0 N–H and O–H groups in total. The minimum Gasteiger partial charge on any atom is -0.428 e. The maximum absolute atomic E-state index is 13.9. The van der Waals surface area contributed by atoms with Crippen LogP contribution in [0.15, 0.2) is 36.4 Å². The van der Waals surface area contributed by atoms with E-state index in [1.807, 2.05) is 0 Å². The third kappa shape index (κ3) is 4.46. The molecule has 0 fully saturated rings. The molecule has 0 aliphatic heterocycles. The number of rotatable bonds is 7. The van der Waals surface area contributed by atoms with Crippen LogP contribution in [0.5, 0.6) is 11.5 Å². The number of hydrogen-bond acceptors (Lipinski definition) is 2. The highest BCUT2D eigenvalue weighted by molar-refractivity contribution is 6.43. The third-order valence-corrected chi connectivity index (χ3v) is 4.96. The Kier molecular flexibility index (Phi) is 6.88.